The average Bonchev–Trinajstić information content (AvgIpc) is 2.15. The van der Waals surface area contributed by atoms with Crippen molar-refractivity contribution in [3.63, 3.8) is 0 Å². The molecule has 0 aliphatic heterocycles. The van der Waals surface area contributed by atoms with Gasteiger partial charge >= 0.3 is 104 Å². The van der Waals surface area contributed by atoms with Crippen LogP contribution >= 0.6 is 0 Å². The van der Waals surface area contributed by atoms with Gasteiger partial charge in [0.25, 0.3) is 0 Å². The third-order valence-electron chi connectivity index (χ3n) is 1.84. The van der Waals surface area contributed by atoms with Crippen LogP contribution in [0.5, 0.6) is 0 Å². The molecule has 0 saturated carbocycles. The van der Waals surface area contributed by atoms with E-state index in [1.54, 1.807) is 0 Å². The van der Waals surface area contributed by atoms with Gasteiger partial charge < -0.3 is 0 Å². The molecule has 72 valence electrons. The van der Waals surface area contributed by atoms with Gasteiger partial charge in [-0.1, -0.05) is 0 Å². The van der Waals surface area contributed by atoms with Gasteiger partial charge in [-0.15, -0.1) is 0 Å². The van der Waals surface area contributed by atoms with Crippen LogP contribution in [-0.2, 0) is 19.7 Å². The molecule has 0 saturated heterocycles. The molecular formula is C8H3NaO5S. The molecule has 7 heteroatoms. The molecule has 0 aromatic heterocycles. The monoisotopic (exact) mass is 234 g/mol. The Morgan fingerprint density at radius 2 is 1.80 bits per heavy atom. The first-order valence-electron chi connectivity index (χ1n) is 3.79. The van der Waals surface area contributed by atoms with E-state index in [2.05, 4.69) is 0 Å². The second kappa shape index (κ2) is 4.54. The number of benzene rings is 1. The van der Waals surface area contributed by atoms with E-state index in [0.717, 1.165) is 0 Å². The zero-order valence-corrected chi connectivity index (χ0v) is 10.5. The Labute approximate surface area is 104 Å². The summed E-state index contributed by atoms with van der Waals surface area (Å²) >= 11 is 0.400. The van der Waals surface area contributed by atoms with Crippen LogP contribution in [0.2, 0.25) is 0 Å². The molecule has 0 bridgehead atoms. The molecule has 1 N–H and O–H groups in total. The van der Waals surface area contributed by atoms with E-state index in [-0.39, 0.29) is 11.1 Å². The summed E-state index contributed by atoms with van der Waals surface area (Å²) in [5.41, 5.74) is -0.652. The first kappa shape index (κ1) is 12.5. The predicted molar refractivity (Wildman–Crippen MR) is 51.2 cm³/mol. The van der Waals surface area contributed by atoms with Crippen molar-refractivity contribution in [1.29, 1.82) is 0 Å². The molecule has 0 fully saturated rings. The van der Waals surface area contributed by atoms with Crippen molar-refractivity contribution >= 4 is 53.4 Å². The van der Waals surface area contributed by atoms with Gasteiger partial charge in [-0.05, 0) is 0 Å². The molecule has 15 heavy (non-hydrogen) atoms. The molecule has 1 aromatic rings. The number of carbonyl (C=O) groups excluding carboxylic acids is 2. The van der Waals surface area contributed by atoms with Crippen LogP contribution in [0.1, 0.15) is 11.1 Å². The van der Waals surface area contributed by atoms with Gasteiger partial charge in [-0.25, -0.2) is 0 Å². The standard InChI is InChI=1S/C8H3O5S.Na/c9-4-6-2-1-3-7(5-10)8(6)14(11,12)13;/h1-2H,(H,11,12,13);. The van der Waals surface area contributed by atoms with E-state index in [4.69, 9.17) is 4.55 Å². The van der Waals surface area contributed by atoms with Crippen LogP contribution < -0.4 is 2.81 Å². The predicted octanol–water partition coefficient (Wildman–Crippen LogP) is -1.36. The molecule has 0 atom stereocenters. The number of hydrogen-bond acceptors (Lipinski definition) is 4. The van der Waals surface area contributed by atoms with E-state index in [9.17, 15) is 18.0 Å². The van der Waals surface area contributed by atoms with Crippen LogP contribution in [-0.4, -0.2) is 53.5 Å². The van der Waals surface area contributed by atoms with Crippen molar-refractivity contribution in [3.8, 4) is 0 Å². The molecule has 5 nitrogen and oxygen atoms in total. The van der Waals surface area contributed by atoms with Crippen LogP contribution in [0, 0.1) is 0 Å². The second-order valence-corrected chi connectivity index (χ2v) is 5.25. The summed E-state index contributed by atoms with van der Waals surface area (Å²) in [7, 11) is -4.61. The van der Waals surface area contributed by atoms with Gasteiger partial charge in [0.2, 0.25) is 0 Å². The zero-order chi connectivity index (χ0) is 11.6. The van der Waals surface area contributed by atoms with Crippen molar-refractivity contribution in [2.75, 3.05) is 0 Å². The Bertz CT molecular complexity index is 520. The van der Waals surface area contributed by atoms with E-state index in [1.807, 2.05) is 0 Å². The summed E-state index contributed by atoms with van der Waals surface area (Å²) in [5.74, 6) is 0. The third-order valence-corrected chi connectivity index (χ3v) is 3.61. The Kier molecular flexibility index (Phi) is 3.80. The quantitative estimate of drug-likeness (QED) is 0.515. The fraction of sp³-hybridized carbons (Fsp3) is 0. The zero-order valence-electron chi connectivity index (χ0n) is 7.64. The van der Waals surface area contributed by atoms with Crippen LogP contribution in [0.15, 0.2) is 17.0 Å². The fourth-order valence-electron chi connectivity index (χ4n) is 1.16. The Morgan fingerprint density at radius 1 is 1.20 bits per heavy atom. The van der Waals surface area contributed by atoms with Crippen LogP contribution in [0.4, 0.5) is 0 Å². The van der Waals surface area contributed by atoms with E-state index < -0.39 is 15.0 Å². The molecule has 0 heterocycles. The molecule has 0 amide bonds. The van der Waals surface area contributed by atoms with Crippen molar-refractivity contribution in [2.45, 2.75) is 4.90 Å². The SMILES string of the molecule is O=[C]c1cc[c]([Na])c([C]=O)c1S(=O)(=O)O. The average molecular weight is 234 g/mol. The van der Waals surface area contributed by atoms with Crippen LogP contribution in [0.25, 0.3) is 0 Å². The van der Waals surface area contributed by atoms with Gasteiger partial charge in [0.15, 0.2) is 0 Å². The summed E-state index contributed by atoms with van der Waals surface area (Å²) < 4.78 is 31.2. The van der Waals surface area contributed by atoms with Crippen molar-refractivity contribution in [2.24, 2.45) is 0 Å². The van der Waals surface area contributed by atoms with E-state index in [0.29, 0.717) is 30.7 Å². The summed E-state index contributed by atoms with van der Waals surface area (Å²) in [5, 5.41) is 0. The van der Waals surface area contributed by atoms with E-state index >= 15 is 0 Å². The molecule has 0 aliphatic carbocycles. The third kappa shape index (κ3) is 2.53. The van der Waals surface area contributed by atoms with Crippen molar-refractivity contribution in [1.82, 2.24) is 0 Å². The minimum absolute atomic E-state index is 0.287. The Morgan fingerprint density at radius 3 is 2.20 bits per heavy atom. The maximum atomic E-state index is 11.0. The van der Waals surface area contributed by atoms with Gasteiger partial charge in [0.05, 0.1) is 0 Å². The van der Waals surface area contributed by atoms with Gasteiger partial charge in [-0.2, -0.15) is 0 Å². The molecule has 2 radical (unpaired) electrons. The molecule has 0 spiro atoms. The molecule has 1 rings (SSSR count). The summed E-state index contributed by atoms with van der Waals surface area (Å²) in [6.45, 7) is 0. The summed E-state index contributed by atoms with van der Waals surface area (Å²) in [6, 6.07) is 2.63. The van der Waals surface area contributed by atoms with Crippen molar-refractivity contribution < 1.29 is 22.6 Å². The second-order valence-electron chi connectivity index (χ2n) is 2.81. The first-order valence-corrected chi connectivity index (χ1v) is 6.23. The van der Waals surface area contributed by atoms with Gasteiger partial charge in [-0.3, -0.25) is 0 Å². The molecule has 0 aliphatic rings. The molecule has 1 aromatic carbocycles. The van der Waals surface area contributed by atoms with Gasteiger partial charge in [0, 0.05) is 0 Å². The number of hydrogen-bond donors (Lipinski definition) is 1. The van der Waals surface area contributed by atoms with Crippen LogP contribution in [0.3, 0.4) is 0 Å². The van der Waals surface area contributed by atoms with E-state index in [1.165, 1.54) is 24.7 Å². The summed E-state index contributed by atoms with van der Waals surface area (Å²) in [4.78, 5) is 20.3. The Hall–Kier alpha value is -0.530. The normalized spacial score (nSPS) is 11.1. The molecular weight excluding hydrogens is 231 g/mol. The maximum absolute atomic E-state index is 11.0. The van der Waals surface area contributed by atoms with Crippen molar-refractivity contribution in [3.05, 3.63) is 23.3 Å². The van der Waals surface area contributed by atoms with Gasteiger partial charge in [0.1, 0.15) is 0 Å². The minimum atomic E-state index is -4.61. The summed E-state index contributed by atoms with van der Waals surface area (Å²) in [6.07, 6.45) is 2.76. The molecule has 0 unspecified atom stereocenters. The number of rotatable bonds is 3. The Balaban J connectivity index is 3.78. The first-order chi connectivity index (χ1) is 6.91. The topological polar surface area (TPSA) is 88.5 Å². The fourth-order valence-corrected chi connectivity index (χ4v) is 2.70.